The Morgan fingerprint density at radius 2 is 2.14 bits per heavy atom. The molecule has 3 heterocycles. The number of likely N-dealkylation sites (tertiary alicyclic amines) is 1. The van der Waals surface area contributed by atoms with Gasteiger partial charge in [0.15, 0.2) is 11.1 Å². The number of esters is 1. The molecule has 7 nitrogen and oxygen atoms in total. The van der Waals surface area contributed by atoms with E-state index in [1.54, 1.807) is 0 Å². The van der Waals surface area contributed by atoms with Crippen LogP contribution in [0.25, 0.3) is 22.0 Å². The van der Waals surface area contributed by atoms with Crippen molar-refractivity contribution in [2.75, 3.05) is 13.7 Å². The highest BCUT2D eigenvalue weighted by Gasteiger charge is 2.33. The highest BCUT2D eigenvalue weighted by Crippen LogP contribution is 2.39. The number of hydrogen-bond donors (Lipinski definition) is 0. The summed E-state index contributed by atoms with van der Waals surface area (Å²) in [6, 6.07) is 3.90. The van der Waals surface area contributed by atoms with E-state index >= 15 is 0 Å². The third kappa shape index (κ3) is 3.00. The quantitative estimate of drug-likeness (QED) is 0.553. The molecule has 5 rings (SSSR count). The van der Waals surface area contributed by atoms with Crippen molar-refractivity contribution in [1.82, 2.24) is 14.5 Å². The summed E-state index contributed by atoms with van der Waals surface area (Å²) in [5, 5.41) is 0.900. The summed E-state index contributed by atoms with van der Waals surface area (Å²) in [6.07, 6.45) is 3.69. The minimum atomic E-state index is -0.284. The number of fused-ring (bicyclic) bond motifs is 3. The van der Waals surface area contributed by atoms with Crippen molar-refractivity contribution in [2.24, 2.45) is 0 Å². The number of hydrogen-bond acceptors (Lipinski definition) is 6. The Morgan fingerprint density at radius 3 is 2.86 bits per heavy atom. The number of ether oxygens (including phenoxy) is 1. The molecule has 0 radical (unpaired) electrons. The summed E-state index contributed by atoms with van der Waals surface area (Å²) in [4.78, 5) is 31.9. The maximum atomic E-state index is 13.3. The second-order valence-corrected chi connectivity index (χ2v) is 8.77. The van der Waals surface area contributed by atoms with Crippen LogP contribution in [0.15, 0.2) is 25.8 Å². The van der Waals surface area contributed by atoms with Crippen LogP contribution in [0, 0.1) is 6.92 Å². The van der Waals surface area contributed by atoms with Crippen LogP contribution in [0.2, 0.25) is 0 Å². The molecular weight excluding hydrogens is 438 g/mol. The van der Waals surface area contributed by atoms with Gasteiger partial charge in [-0.1, -0.05) is 15.9 Å². The molecule has 1 saturated heterocycles. The standard InChI is InChI=1S/C21H22BrN3O4/c1-11-14(22)8-7-13-18(11)25(12-5-6-12)20(26)17-19(13)29-16(23-17)10-24-9-3-4-15(24)21(27)28-2/h7-8,12,15H,3-6,9-10H2,1-2H3. The van der Waals surface area contributed by atoms with Crippen LogP contribution in [-0.2, 0) is 16.1 Å². The summed E-state index contributed by atoms with van der Waals surface area (Å²) >= 11 is 3.59. The fourth-order valence-corrected chi connectivity index (χ4v) is 4.74. The van der Waals surface area contributed by atoms with Gasteiger partial charge in [0, 0.05) is 15.9 Å². The lowest BCUT2D eigenvalue weighted by Gasteiger charge is -2.20. The van der Waals surface area contributed by atoms with Crippen LogP contribution in [0.4, 0.5) is 0 Å². The van der Waals surface area contributed by atoms with E-state index < -0.39 is 0 Å². The number of methoxy groups -OCH3 is 1. The fourth-order valence-electron chi connectivity index (χ4n) is 4.42. The van der Waals surface area contributed by atoms with Crippen molar-refractivity contribution >= 4 is 43.9 Å². The lowest BCUT2D eigenvalue weighted by molar-refractivity contribution is -0.146. The first-order valence-electron chi connectivity index (χ1n) is 9.94. The molecule has 1 aliphatic heterocycles. The van der Waals surface area contributed by atoms with Crippen molar-refractivity contribution in [1.29, 1.82) is 0 Å². The first-order valence-corrected chi connectivity index (χ1v) is 10.7. The van der Waals surface area contributed by atoms with Gasteiger partial charge in [-0.25, -0.2) is 4.98 Å². The van der Waals surface area contributed by atoms with Gasteiger partial charge in [0.05, 0.1) is 19.2 Å². The van der Waals surface area contributed by atoms with Gasteiger partial charge >= 0.3 is 5.97 Å². The van der Waals surface area contributed by atoms with E-state index in [2.05, 4.69) is 20.9 Å². The Bertz CT molecular complexity index is 1190. The SMILES string of the molecule is COC(=O)C1CCCN1Cc1nc2c(=O)n(C3CC3)c3c(C)c(Br)ccc3c2o1. The normalized spacial score (nSPS) is 20.0. The molecule has 2 aromatic heterocycles. The Balaban J connectivity index is 1.65. The van der Waals surface area contributed by atoms with Crippen molar-refractivity contribution in [3.05, 3.63) is 38.4 Å². The molecule has 8 heteroatoms. The van der Waals surface area contributed by atoms with Gasteiger partial charge in [0.2, 0.25) is 5.89 Å². The van der Waals surface area contributed by atoms with Crippen LogP contribution >= 0.6 is 15.9 Å². The average molecular weight is 460 g/mol. The number of carbonyl (C=O) groups is 1. The minimum Gasteiger partial charge on any atom is -0.468 e. The molecular formula is C21H22BrN3O4. The van der Waals surface area contributed by atoms with Crippen LogP contribution in [0.5, 0.6) is 0 Å². The number of pyridine rings is 1. The summed E-state index contributed by atoms with van der Waals surface area (Å²) in [5.74, 6) is 0.226. The summed E-state index contributed by atoms with van der Waals surface area (Å²) < 4.78 is 13.9. The van der Waals surface area contributed by atoms with E-state index in [1.165, 1.54) is 7.11 Å². The van der Waals surface area contributed by atoms with Crippen LogP contribution < -0.4 is 5.56 Å². The minimum absolute atomic E-state index is 0.0999. The summed E-state index contributed by atoms with van der Waals surface area (Å²) in [6.45, 7) is 3.17. The highest BCUT2D eigenvalue weighted by atomic mass is 79.9. The number of carbonyl (C=O) groups excluding carboxylic acids is 1. The van der Waals surface area contributed by atoms with Crippen molar-refractivity contribution in [3.63, 3.8) is 0 Å². The van der Waals surface area contributed by atoms with Crippen LogP contribution in [0.1, 0.15) is 43.2 Å². The number of rotatable bonds is 4. The van der Waals surface area contributed by atoms with Crippen molar-refractivity contribution < 1.29 is 13.9 Å². The third-order valence-electron chi connectivity index (χ3n) is 6.03. The van der Waals surface area contributed by atoms with Crippen molar-refractivity contribution in [3.8, 4) is 0 Å². The Morgan fingerprint density at radius 1 is 1.34 bits per heavy atom. The lowest BCUT2D eigenvalue weighted by Crippen LogP contribution is -2.36. The fraction of sp³-hybridized carbons (Fsp3) is 0.476. The second kappa shape index (κ2) is 6.95. The van der Waals surface area contributed by atoms with Gasteiger partial charge in [0.25, 0.3) is 5.56 Å². The smallest absolute Gasteiger partial charge is 0.323 e. The molecule has 1 aliphatic carbocycles. The molecule has 0 spiro atoms. The van der Waals surface area contributed by atoms with Gasteiger partial charge in [-0.2, -0.15) is 0 Å². The van der Waals surface area contributed by atoms with E-state index in [0.717, 1.165) is 53.2 Å². The maximum absolute atomic E-state index is 13.3. The van der Waals surface area contributed by atoms with Crippen molar-refractivity contribution in [2.45, 2.75) is 51.2 Å². The molecule has 2 aliphatic rings. The third-order valence-corrected chi connectivity index (χ3v) is 6.89. The molecule has 29 heavy (non-hydrogen) atoms. The number of halogens is 1. The molecule has 1 saturated carbocycles. The molecule has 2 fully saturated rings. The van der Waals surface area contributed by atoms with Gasteiger partial charge in [-0.3, -0.25) is 14.5 Å². The number of benzene rings is 1. The zero-order valence-electron chi connectivity index (χ0n) is 16.4. The molecule has 1 atom stereocenters. The zero-order valence-corrected chi connectivity index (χ0v) is 18.0. The maximum Gasteiger partial charge on any atom is 0.323 e. The molecule has 3 aromatic rings. The number of oxazole rings is 1. The highest BCUT2D eigenvalue weighted by molar-refractivity contribution is 9.10. The Labute approximate surface area is 175 Å². The van der Waals surface area contributed by atoms with E-state index in [1.807, 2.05) is 28.5 Å². The van der Waals surface area contributed by atoms with Gasteiger partial charge in [-0.15, -0.1) is 0 Å². The van der Waals surface area contributed by atoms with Crippen LogP contribution in [0.3, 0.4) is 0 Å². The average Bonchev–Trinajstić information content (AvgIpc) is 3.28. The zero-order chi connectivity index (χ0) is 20.3. The second-order valence-electron chi connectivity index (χ2n) is 7.91. The van der Waals surface area contributed by atoms with E-state index in [0.29, 0.717) is 23.5 Å². The Hall–Kier alpha value is -2.19. The van der Waals surface area contributed by atoms with E-state index in [4.69, 9.17) is 9.15 Å². The van der Waals surface area contributed by atoms with Gasteiger partial charge in [0.1, 0.15) is 6.04 Å². The summed E-state index contributed by atoms with van der Waals surface area (Å²) in [5.41, 5.74) is 2.74. The topological polar surface area (TPSA) is 77.6 Å². The van der Waals surface area contributed by atoms with Gasteiger partial charge in [-0.05, 0) is 56.8 Å². The first-order chi connectivity index (χ1) is 14.0. The van der Waals surface area contributed by atoms with Gasteiger partial charge < -0.3 is 13.7 Å². The number of aromatic nitrogens is 2. The summed E-state index contributed by atoms with van der Waals surface area (Å²) in [7, 11) is 1.41. The van der Waals surface area contributed by atoms with Crippen LogP contribution in [-0.4, -0.2) is 40.1 Å². The molecule has 0 bridgehead atoms. The number of aryl methyl sites for hydroxylation is 1. The lowest BCUT2D eigenvalue weighted by atomic mass is 10.1. The molecule has 1 aromatic carbocycles. The van der Waals surface area contributed by atoms with E-state index in [9.17, 15) is 9.59 Å². The predicted molar refractivity (Wildman–Crippen MR) is 112 cm³/mol. The molecule has 1 unspecified atom stereocenters. The predicted octanol–water partition coefficient (Wildman–Crippen LogP) is 3.69. The monoisotopic (exact) mass is 459 g/mol. The molecule has 152 valence electrons. The first kappa shape index (κ1) is 18.8. The molecule has 0 N–H and O–H groups in total. The molecule has 0 amide bonds. The Kier molecular flexibility index (Phi) is 4.51. The number of nitrogens with zero attached hydrogens (tertiary/aromatic N) is 3. The largest absolute Gasteiger partial charge is 0.468 e. The van der Waals surface area contributed by atoms with E-state index in [-0.39, 0.29) is 23.6 Å².